The van der Waals surface area contributed by atoms with E-state index in [4.69, 9.17) is 11.6 Å². The average Bonchev–Trinajstić information content (AvgIpc) is 2.38. The molecule has 1 aromatic heterocycles. The zero-order valence-corrected chi connectivity index (χ0v) is 12.6. The summed E-state index contributed by atoms with van der Waals surface area (Å²) in [6, 6.07) is 8.34. The Bertz CT molecular complexity index is 588. The van der Waals surface area contributed by atoms with Crippen LogP contribution in [-0.2, 0) is 6.54 Å². The fraction of sp³-hybridized carbons (Fsp3) is 0.357. The highest BCUT2D eigenvalue weighted by Gasteiger charge is 2.09. The van der Waals surface area contributed by atoms with E-state index in [1.165, 1.54) is 11.1 Å². The summed E-state index contributed by atoms with van der Waals surface area (Å²) in [6.07, 6.45) is 0. The maximum absolute atomic E-state index is 5.93. The molecule has 0 amide bonds. The highest BCUT2D eigenvalue weighted by atomic mass is 35.5. The van der Waals surface area contributed by atoms with E-state index in [1.54, 1.807) is 0 Å². The summed E-state index contributed by atoms with van der Waals surface area (Å²) in [5.41, 5.74) is 2.44. The summed E-state index contributed by atoms with van der Waals surface area (Å²) in [4.78, 5) is 14.5. The van der Waals surface area contributed by atoms with Gasteiger partial charge in [0.15, 0.2) is 0 Å². The van der Waals surface area contributed by atoms with Gasteiger partial charge in [-0.05, 0) is 31.0 Å². The minimum absolute atomic E-state index is 0.196. The van der Waals surface area contributed by atoms with E-state index in [-0.39, 0.29) is 5.28 Å². The Morgan fingerprint density at radius 1 is 1.25 bits per heavy atom. The molecule has 0 saturated heterocycles. The topological polar surface area (TPSA) is 53.9 Å². The Kier molecular flexibility index (Phi) is 4.74. The first-order valence-electron chi connectivity index (χ1n) is 6.50. The maximum atomic E-state index is 5.93. The molecular weight excluding hydrogens is 274 g/mol. The number of rotatable bonds is 5. The van der Waals surface area contributed by atoms with E-state index in [1.807, 2.05) is 24.9 Å². The van der Waals surface area contributed by atoms with Crippen molar-refractivity contribution in [1.29, 1.82) is 0 Å². The summed E-state index contributed by atoms with van der Waals surface area (Å²) in [5, 5.41) is 3.24. The van der Waals surface area contributed by atoms with Crippen LogP contribution in [0.2, 0.25) is 5.28 Å². The van der Waals surface area contributed by atoms with Crippen LogP contribution in [0.15, 0.2) is 24.3 Å². The number of hydrogen-bond acceptors (Lipinski definition) is 5. The largest absolute Gasteiger partial charge is 0.354 e. The number of anilines is 2. The first-order valence-corrected chi connectivity index (χ1v) is 6.88. The molecular formula is C14H18ClN5. The molecule has 1 aromatic carbocycles. The van der Waals surface area contributed by atoms with Crippen LogP contribution in [0.5, 0.6) is 0 Å². The van der Waals surface area contributed by atoms with E-state index in [0.29, 0.717) is 18.4 Å². The highest BCUT2D eigenvalue weighted by Crippen LogP contribution is 2.15. The van der Waals surface area contributed by atoms with E-state index in [9.17, 15) is 0 Å². The predicted molar refractivity (Wildman–Crippen MR) is 82.3 cm³/mol. The molecule has 0 bridgehead atoms. The van der Waals surface area contributed by atoms with Crippen LogP contribution >= 0.6 is 11.6 Å². The molecule has 5 nitrogen and oxygen atoms in total. The van der Waals surface area contributed by atoms with Gasteiger partial charge in [-0.3, -0.25) is 0 Å². The highest BCUT2D eigenvalue weighted by molar-refractivity contribution is 6.28. The van der Waals surface area contributed by atoms with Crippen LogP contribution < -0.4 is 10.2 Å². The molecule has 0 aliphatic heterocycles. The van der Waals surface area contributed by atoms with Gasteiger partial charge in [-0.1, -0.05) is 29.8 Å². The Balaban J connectivity index is 2.18. The predicted octanol–water partition coefficient (Wildman–Crippen LogP) is 2.90. The van der Waals surface area contributed by atoms with E-state index < -0.39 is 0 Å². The lowest BCUT2D eigenvalue weighted by atomic mass is 10.1. The molecule has 106 valence electrons. The zero-order chi connectivity index (χ0) is 14.5. The molecule has 6 heteroatoms. The lowest BCUT2D eigenvalue weighted by Gasteiger charge is -2.18. The number of nitrogens with one attached hydrogen (secondary N) is 1. The van der Waals surface area contributed by atoms with Crippen molar-refractivity contribution in [3.05, 3.63) is 40.7 Å². The maximum Gasteiger partial charge on any atom is 0.231 e. The molecule has 0 radical (unpaired) electrons. The third kappa shape index (κ3) is 3.81. The summed E-state index contributed by atoms with van der Waals surface area (Å²) in [7, 11) is 1.93. The molecule has 0 aliphatic carbocycles. The van der Waals surface area contributed by atoms with Crippen molar-refractivity contribution < 1.29 is 0 Å². The lowest BCUT2D eigenvalue weighted by molar-refractivity contribution is 0.851. The molecule has 2 rings (SSSR count). The Labute approximate surface area is 124 Å². The Morgan fingerprint density at radius 2 is 2.05 bits per heavy atom. The molecule has 1 heterocycles. The van der Waals surface area contributed by atoms with Gasteiger partial charge in [-0.15, -0.1) is 0 Å². The number of halogens is 1. The number of aryl methyl sites for hydroxylation is 1. The zero-order valence-electron chi connectivity index (χ0n) is 11.9. The second kappa shape index (κ2) is 6.52. The van der Waals surface area contributed by atoms with Crippen LogP contribution in [0.25, 0.3) is 0 Å². The third-order valence-corrected chi connectivity index (χ3v) is 2.94. The van der Waals surface area contributed by atoms with Gasteiger partial charge < -0.3 is 10.2 Å². The first kappa shape index (κ1) is 14.5. The van der Waals surface area contributed by atoms with Crippen LogP contribution in [0.1, 0.15) is 18.1 Å². The normalized spacial score (nSPS) is 10.4. The fourth-order valence-electron chi connectivity index (χ4n) is 1.90. The second-order valence-corrected chi connectivity index (χ2v) is 4.94. The SMILES string of the molecule is CCNc1nc(Cl)nc(N(C)Cc2cccc(C)c2)n1. The number of nitrogens with zero attached hydrogens (tertiary/aromatic N) is 4. The van der Waals surface area contributed by atoms with Gasteiger partial charge in [0.05, 0.1) is 0 Å². The molecule has 1 N–H and O–H groups in total. The van der Waals surface area contributed by atoms with Crippen molar-refractivity contribution >= 4 is 23.5 Å². The van der Waals surface area contributed by atoms with Gasteiger partial charge >= 0.3 is 0 Å². The molecule has 0 saturated carbocycles. The van der Waals surface area contributed by atoms with Gasteiger partial charge in [0.1, 0.15) is 0 Å². The Hall–Kier alpha value is -1.88. The second-order valence-electron chi connectivity index (χ2n) is 4.60. The van der Waals surface area contributed by atoms with Crippen LogP contribution in [0, 0.1) is 6.92 Å². The quantitative estimate of drug-likeness (QED) is 0.918. The molecule has 2 aromatic rings. The number of benzene rings is 1. The monoisotopic (exact) mass is 291 g/mol. The third-order valence-electron chi connectivity index (χ3n) is 2.77. The fourth-order valence-corrected chi connectivity index (χ4v) is 2.06. The Morgan fingerprint density at radius 3 is 2.75 bits per heavy atom. The summed E-state index contributed by atoms with van der Waals surface area (Å²) in [6.45, 7) is 5.51. The summed E-state index contributed by atoms with van der Waals surface area (Å²) in [5.74, 6) is 1.06. The summed E-state index contributed by atoms with van der Waals surface area (Å²) >= 11 is 5.93. The van der Waals surface area contributed by atoms with Crippen molar-refractivity contribution in [3.63, 3.8) is 0 Å². The van der Waals surface area contributed by atoms with Crippen molar-refractivity contribution in [1.82, 2.24) is 15.0 Å². The van der Waals surface area contributed by atoms with Crippen LogP contribution in [0.4, 0.5) is 11.9 Å². The van der Waals surface area contributed by atoms with Gasteiger partial charge in [-0.25, -0.2) is 0 Å². The van der Waals surface area contributed by atoms with Crippen LogP contribution in [0.3, 0.4) is 0 Å². The standard InChI is InChI=1S/C14H18ClN5/c1-4-16-13-17-12(15)18-14(19-13)20(3)9-11-7-5-6-10(2)8-11/h5-8H,4,9H2,1-3H3,(H,16,17,18,19). The molecule has 0 spiro atoms. The minimum Gasteiger partial charge on any atom is -0.354 e. The average molecular weight is 292 g/mol. The smallest absolute Gasteiger partial charge is 0.231 e. The first-order chi connectivity index (χ1) is 9.58. The van der Waals surface area contributed by atoms with Crippen molar-refractivity contribution in [2.75, 3.05) is 23.8 Å². The molecule has 20 heavy (non-hydrogen) atoms. The molecule has 0 aliphatic rings. The number of hydrogen-bond donors (Lipinski definition) is 1. The van der Waals surface area contributed by atoms with E-state index in [2.05, 4.69) is 45.4 Å². The van der Waals surface area contributed by atoms with Crippen molar-refractivity contribution in [3.8, 4) is 0 Å². The van der Waals surface area contributed by atoms with Gasteiger partial charge in [0, 0.05) is 20.1 Å². The summed E-state index contributed by atoms with van der Waals surface area (Å²) < 4.78 is 0. The van der Waals surface area contributed by atoms with Gasteiger partial charge in [0.2, 0.25) is 17.2 Å². The van der Waals surface area contributed by atoms with Crippen LogP contribution in [-0.4, -0.2) is 28.5 Å². The molecule has 0 unspecified atom stereocenters. The lowest BCUT2D eigenvalue weighted by Crippen LogP contribution is -2.20. The number of aromatic nitrogens is 3. The van der Waals surface area contributed by atoms with Gasteiger partial charge in [-0.2, -0.15) is 15.0 Å². The van der Waals surface area contributed by atoms with E-state index >= 15 is 0 Å². The molecule has 0 fully saturated rings. The molecule has 0 atom stereocenters. The van der Waals surface area contributed by atoms with Gasteiger partial charge in [0.25, 0.3) is 0 Å². The van der Waals surface area contributed by atoms with Crippen molar-refractivity contribution in [2.45, 2.75) is 20.4 Å². The minimum atomic E-state index is 0.196. The van der Waals surface area contributed by atoms with Crippen molar-refractivity contribution in [2.24, 2.45) is 0 Å². The van der Waals surface area contributed by atoms with E-state index in [0.717, 1.165) is 6.54 Å².